The second-order valence-electron chi connectivity index (χ2n) is 4.25. The first-order valence-electron chi connectivity index (χ1n) is 6.08. The number of hydrogen-bond acceptors (Lipinski definition) is 5. The van der Waals surface area contributed by atoms with Crippen molar-refractivity contribution in [3.8, 4) is 11.6 Å². The predicted octanol–water partition coefficient (Wildman–Crippen LogP) is 2.39. The van der Waals surface area contributed by atoms with Crippen LogP contribution < -0.4 is 15.2 Å². The third-order valence-corrected chi connectivity index (χ3v) is 3.17. The molecule has 20 heavy (non-hydrogen) atoms. The van der Waals surface area contributed by atoms with Gasteiger partial charge in [-0.1, -0.05) is 11.6 Å². The second kappa shape index (κ2) is 6.54. The summed E-state index contributed by atoms with van der Waals surface area (Å²) in [5, 5.41) is 0.647. The lowest BCUT2D eigenvalue weighted by molar-refractivity contribution is 0.394. The SMILES string of the molecule is COc1cc(C(N)Cc2cc(Cl)ccc2OC)ncn1. The summed E-state index contributed by atoms with van der Waals surface area (Å²) in [4.78, 5) is 8.13. The topological polar surface area (TPSA) is 70.3 Å². The second-order valence-corrected chi connectivity index (χ2v) is 4.69. The van der Waals surface area contributed by atoms with Crippen LogP contribution in [0.2, 0.25) is 5.02 Å². The number of benzene rings is 1. The minimum absolute atomic E-state index is 0.292. The van der Waals surface area contributed by atoms with Crippen molar-refractivity contribution in [2.45, 2.75) is 12.5 Å². The first-order chi connectivity index (χ1) is 9.63. The van der Waals surface area contributed by atoms with Crippen molar-refractivity contribution in [1.82, 2.24) is 9.97 Å². The van der Waals surface area contributed by atoms with Crippen molar-refractivity contribution in [1.29, 1.82) is 0 Å². The average molecular weight is 294 g/mol. The Labute approximate surface area is 122 Å². The predicted molar refractivity (Wildman–Crippen MR) is 77.2 cm³/mol. The van der Waals surface area contributed by atoms with Crippen LogP contribution in [-0.4, -0.2) is 24.2 Å². The molecule has 1 aromatic heterocycles. The molecule has 0 radical (unpaired) electrons. The van der Waals surface area contributed by atoms with Crippen LogP contribution in [0.3, 0.4) is 0 Å². The summed E-state index contributed by atoms with van der Waals surface area (Å²) in [5.41, 5.74) is 7.82. The number of methoxy groups -OCH3 is 2. The standard InChI is InChI=1S/C14H16ClN3O2/c1-19-13-4-3-10(15)5-9(13)6-11(16)12-7-14(20-2)18-8-17-12/h3-5,7-8,11H,6,16H2,1-2H3. The van der Waals surface area contributed by atoms with Gasteiger partial charge in [0.25, 0.3) is 0 Å². The van der Waals surface area contributed by atoms with Gasteiger partial charge < -0.3 is 15.2 Å². The van der Waals surface area contributed by atoms with E-state index >= 15 is 0 Å². The van der Waals surface area contributed by atoms with Crippen LogP contribution in [-0.2, 0) is 6.42 Å². The molecule has 0 spiro atoms. The van der Waals surface area contributed by atoms with Gasteiger partial charge in [0.2, 0.25) is 5.88 Å². The molecule has 5 nitrogen and oxygen atoms in total. The Bertz CT molecular complexity index is 592. The smallest absolute Gasteiger partial charge is 0.216 e. The molecule has 0 amide bonds. The molecule has 0 saturated heterocycles. The normalized spacial score (nSPS) is 12.0. The average Bonchev–Trinajstić information content (AvgIpc) is 2.47. The van der Waals surface area contributed by atoms with Crippen LogP contribution in [0.1, 0.15) is 17.3 Å². The number of halogens is 1. The Kier molecular flexibility index (Phi) is 4.76. The summed E-state index contributed by atoms with van der Waals surface area (Å²) >= 11 is 6.01. The highest BCUT2D eigenvalue weighted by molar-refractivity contribution is 6.30. The lowest BCUT2D eigenvalue weighted by Gasteiger charge is -2.14. The van der Waals surface area contributed by atoms with Crippen molar-refractivity contribution < 1.29 is 9.47 Å². The highest BCUT2D eigenvalue weighted by Crippen LogP contribution is 2.26. The Morgan fingerprint density at radius 1 is 1.20 bits per heavy atom. The summed E-state index contributed by atoms with van der Waals surface area (Å²) < 4.78 is 10.4. The maximum atomic E-state index is 6.18. The molecule has 106 valence electrons. The van der Waals surface area contributed by atoms with E-state index in [2.05, 4.69) is 9.97 Å². The van der Waals surface area contributed by atoms with Crippen molar-refractivity contribution in [2.24, 2.45) is 5.73 Å². The molecule has 2 aromatic rings. The Morgan fingerprint density at radius 3 is 2.70 bits per heavy atom. The summed E-state index contributed by atoms with van der Waals surface area (Å²) in [6.45, 7) is 0. The molecule has 2 rings (SSSR count). The fourth-order valence-electron chi connectivity index (χ4n) is 1.92. The molecule has 2 N–H and O–H groups in total. The summed E-state index contributed by atoms with van der Waals surface area (Å²) in [6.07, 6.45) is 1.99. The molecule has 1 aromatic carbocycles. The Hall–Kier alpha value is -1.85. The van der Waals surface area contributed by atoms with Gasteiger partial charge in [-0.05, 0) is 30.2 Å². The van der Waals surface area contributed by atoms with Crippen LogP contribution in [0.5, 0.6) is 11.6 Å². The van der Waals surface area contributed by atoms with Gasteiger partial charge in [0.15, 0.2) is 0 Å². The third-order valence-electron chi connectivity index (χ3n) is 2.93. The third kappa shape index (κ3) is 3.37. The van der Waals surface area contributed by atoms with Crippen molar-refractivity contribution in [2.75, 3.05) is 14.2 Å². The van der Waals surface area contributed by atoms with Gasteiger partial charge in [-0.3, -0.25) is 0 Å². The van der Waals surface area contributed by atoms with Gasteiger partial charge >= 0.3 is 0 Å². The summed E-state index contributed by atoms with van der Waals surface area (Å²) in [5.74, 6) is 1.24. The van der Waals surface area contributed by atoms with Crippen LogP contribution in [0.15, 0.2) is 30.6 Å². The monoisotopic (exact) mass is 293 g/mol. The van der Waals surface area contributed by atoms with Crippen molar-refractivity contribution in [3.05, 3.63) is 46.9 Å². The summed E-state index contributed by atoms with van der Waals surface area (Å²) in [6, 6.07) is 6.88. The highest BCUT2D eigenvalue weighted by Gasteiger charge is 2.13. The van der Waals surface area contributed by atoms with E-state index in [4.69, 9.17) is 26.8 Å². The number of aromatic nitrogens is 2. The molecule has 0 aliphatic rings. The molecular weight excluding hydrogens is 278 g/mol. The summed E-state index contributed by atoms with van der Waals surface area (Å²) in [7, 11) is 3.17. The zero-order valence-corrected chi connectivity index (χ0v) is 12.1. The first kappa shape index (κ1) is 14.6. The molecule has 0 aliphatic heterocycles. The van der Waals surface area contributed by atoms with Crippen LogP contribution in [0.25, 0.3) is 0 Å². The van der Waals surface area contributed by atoms with E-state index in [0.717, 1.165) is 11.3 Å². The molecule has 0 aliphatic carbocycles. The number of nitrogens with two attached hydrogens (primary N) is 1. The van der Waals surface area contributed by atoms with Gasteiger partial charge in [-0.15, -0.1) is 0 Å². The lowest BCUT2D eigenvalue weighted by atomic mass is 10.0. The number of rotatable bonds is 5. The van der Waals surface area contributed by atoms with Gasteiger partial charge in [0, 0.05) is 11.1 Å². The molecule has 0 bridgehead atoms. The Balaban J connectivity index is 2.22. The van der Waals surface area contributed by atoms with Gasteiger partial charge in [-0.25, -0.2) is 9.97 Å². The molecule has 1 atom stereocenters. The minimum Gasteiger partial charge on any atom is -0.496 e. The zero-order chi connectivity index (χ0) is 14.5. The maximum Gasteiger partial charge on any atom is 0.216 e. The Morgan fingerprint density at radius 2 is 2.00 bits per heavy atom. The van der Waals surface area contributed by atoms with E-state index in [0.29, 0.717) is 23.0 Å². The van der Waals surface area contributed by atoms with Crippen molar-refractivity contribution >= 4 is 11.6 Å². The van der Waals surface area contributed by atoms with E-state index in [-0.39, 0.29) is 6.04 Å². The fraction of sp³-hybridized carbons (Fsp3) is 0.286. The number of hydrogen-bond donors (Lipinski definition) is 1. The maximum absolute atomic E-state index is 6.18. The van der Waals surface area contributed by atoms with E-state index in [1.807, 2.05) is 12.1 Å². The fourth-order valence-corrected chi connectivity index (χ4v) is 2.11. The van der Waals surface area contributed by atoms with Crippen LogP contribution in [0.4, 0.5) is 0 Å². The largest absolute Gasteiger partial charge is 0.496 e. The van der Waals surface area contributed by atoms with Gasteiger partial charge in [-0.2, -0.15) is 0 Å². The lowest BCUT2D eigenvalue weighted by Crippen LogP contribution is -2.15. The number of ether oxygens (including phenoxy) is 2. The molecule has 0 fully saturated rings. The number of nitrogens with zero attached hydrogens (tertiary/aromatic N) is 2. The van der Waals surface area contributed by atoms with Gasteiger partial charge in [0.1, 0.15) is 12.1 Å². The van der Waals surface area contributed by atoms with Gasteiger partial charge in [0.05, 0.1) is 26.0 Å². The van der Waals surface area contributed by atoms with Crippen LogP contribution >= 0.6 is 11.6 Å². The van der Waals surface area contributed by atoms with E-state index in [1.165, 1.54) is 6.33 Å². The molecular formula is C14H16ClN3O2. The zero-order valence-electron chi connectivity index (χ0n) is 11.3. The quantitative estimate of drug-likeness (QED) is 0.916. The minimum atomic E-state index is -0.292. The molecule has 6 heteroatoms. The molecule has 1 heterocycles. The van der Waals surface area contributed by atoms with Crippen LogP contribution in [0, 0.1) is 0 Å². The molecule has 1 unspecified atom stereocenters. The van der Waals surface area contributed by atoms with E-state index < -0.39 is 0 Å². The molecule has 0 saturated carbocycles. The van der Waals surface area contributed by atoms with E-state index in [9.17, 15) is 0 Å². The van der Waals surface area contributed by atoms with E-state index in [1.54, 1.807) is 26.4 Å². The first-order valence-corrected chi connectivity index (χ1v) is 6.45. The highest BCUT2D eigenvalue weighted by atomic mass is 35.5. The van der Waals surface area contributed by atoms with Crippen molar-refractivity contribution in [3.63, 3.8) is 0 Å².